The normalized spacial score (nSPS) is 11.9. The Hall–Kier alpha value is -1.83. The van der Waals surface area contributed by atoms with Gasteiger partial charge >= 0.3 is 0 Å². The Morgan fingerprint density at radius 1 is 1.30 bits per heavy atom. The average molecular weight is 270 g/mol. The van der Waals surface area contributed by atoms with Crippen LogP contribution in [0.1, 0.15) is 37.8 Å². The highest BCUT2D eigenvalue weighted by molar-refractivity contribution is 5.58. The second-order valence-corrected chi connectivity index (χ2v) is 5.02. The first-order valence-electron chi connectivity index (χ1n) is 7.25. The Labute approximate surface area is 123 Å². The van der Waals surface area contributed by atoms with Gasteiger partial charge in [0.1, 0.15) is 0 Å². The molecule has 0 aliphatic rings. The highest BCUT2D eigenvalue weighted by Gasteiger charge is 2.01. The molecule has 0 aromatic heterocycles. The number of nitrogens with zero attached hydrogens (tertiary/aromatic N) is 2. The number of aliphatic imine (C=N–C) groups is 1. The van der Waals surface area contributed by atoms with E-state index in [1.807, 2.05) is 13.4 Å². The third-order valence-electron chi connectivity index (χ3n) is 3.29. The van der Waals surface area contributed by atoms with Gasteiger partial charge in [-0.25, -0.2) is 4.99 Å². The SMILES string of the molecule is C=C(N=CN(C)Cc1ccccc1C)/C(=C\CC)CC. The van der Waals surface area contributed by atoms with E-state index in [4.69, 9.17) is 0 Å². The van der Waals surface area contributed by atoms with Gasteiger partial charge in [0.25, 0.3) is 0 Å². The van der Waals surface area contributed by atoms with E-state index in [1.165, 1.54) is 16.7 Å². The van der Waals surface area contributed by atoms with Crippen molar-refractivity contribution in [3.8, 4) is 0 Å². The Morgan fingerprint density at radius 3 is 2.60 bits per heavy atom. The first kappa shape index (κ1) is 16.2. The lowest BCUT2D eigenvalue weighted by molar-refractivity contribution is 0.514. The number of hydrogen-bond acceptors (Lipinski definition) is 1. The Bertz CT molecular complexity index is 498. The zero-order valence-electron chi connectivity index (χ0n) is 13.2. The fourth-order valence-corrected chi connectivity index (χ4v) is 2.06. The first-order chi connectivity index (χ1) is 9.58. The van der Waals surface area contributed by atoms with Crippen LogP contribution >= 0.6 is 0 Å². The molecule has 0 bridgehead atoms. The first-order valence-corrected chi connectivity index (χ1v) is 7.25. The zero-order valence-corrected chi connectivity index (χ0v) is 13.2. The van der Waals surface area contributed by atoms with E-state index in [-0.39, 0.29) is 0 Å². The van der Waals surface area contributed by atoms with Crippen LogP contribution in [0.3, 0.4) is 0 Å². The number of aryl methyl sites for hydroxylation is 1. The number of hydrogen-bond donors (Lipinski definition) is 0. The number of allylic oxidation sites excluding steroid dienone is 2. The van der Waals surface area contributed by atoms with E-state index >= 15 is 0 Å². The second-order valence-electron chi connectivity index (χ2n) is 5.02. The minimum absolute atomic E-state index is 0.863. The van der Waals surface area contributed by atoms with Crippen LogP contribution < -0.4 is 0 Å². The van der Waals surface area contributed by atoms with Gasteiger partial charge in [-0.3, -0.25) is 0 Å². The predicted octanol–water partition coefficient (Wildman–Crippen LogP) is 4.72. The lowest BCUT2D eigenvalue weighted by Gasteiger charge is -2.15. The minimum atomic E-state index is 0.863. The molecule has 0 heterocycles. The molecule has 0 aliphatic heterocycles. The largest absolute Gasteiger partial charge is 0.361 e. The fourth-order valence-electron chi connectivity index (χ4n) is 2.06. The highest BCUT2D eigenvalue weighted by atomic mass is 15.1. The van der Waals surface area contributed by atoms with Crippen molar-refractivity contribution in [1.29, 1.82) is 0 Å². The predicted molar refractivity (Wildman–Crippen MR) is 88.9 cm³/mol. The molecule has 1 rings (SSSR count). The maximum absolute atomic E-state index is 4.48. The van der Waals surface area contributed by atoms with Gasteiger partial charge in [0.2, 0.25) is 0 Å². The summed E-state index contributed by atoms with van der Waals surface area (Å²) in [7, 11) is 2.04. The van der Waals surface area contributed by atoms with Crippen LogP contribution in [-0.4, -0.2) is 18.3 Å². The van der Waals surface area contributed by atoms with Gasteiger partial charge in [-0.05, 0) is 36.5 Å². The fraction of sp³-hybridized carbons (Fsp3) is 0.389. The van der Waals surface area contributed by atoms with Crippen molar-refractivity contribution in [3.05, 3.63) is 59.3 Å². The van der Waals surface area contributed by atoms with Crippen molar-refractivity contribution < 1.29 is 0 Å². The van der Waals surface area contributed by atoms with E-state index < -0.39 is 0 Å². The molecule has 1 aromatic rings. The van der Waals surface area contributed by atoms with Crippen LogP contribution in [0.5, 0.6) is 0 Å². The maximum Gasteiger partial charge on any atom is 0.0912 e. The van der Waals surface area contributed by atoms with Crippen molar-refractivity contribution in [2.24, 2.45) is 4.99 Å². The zero-order chi connectivity index (χ0) is 15.0. The van der Waals surface area contributed by atoms with Gasteiger partial charge in [-0.15, -0.1) is 0 Å². The lowest BCUT2D eigenvalue weighted by Crippen LogP contribution is -2.16. The lowest BCUT2D eigenvalue weighted by atomic mass is 10.1. The summed E-state index contributed by atoms with van der Waals surface area (Å²) in [5.41, 5.74) is 4.73. The van der Waals surface area contributed by atoms with Crippen LogP contribution in [0.2, 0.25) is 0 Å². The molecule has 2 heteroatoms. The summed E-state index contributed by atoms with van der Waals surface area (Å²) in [6, 6.07) is 8.44. The smallest absolute Gasteiger partial charge is 0.0912 e. The molecular weight excluding hydrogens is 244 g/mol. The molecule has 1 aromatic carbocycles. The molecule has 20 heavy (non-hydrogen) atoms. The molecule has 108 valence electrons. The van der Waals surface area contributed by atoms with E-state index in [9.17, 15) is 0 Å². The molecule has 0 unspecified atom stereocenters. The Morgan fingerprint density at radius 2 is 2.00 bits per heavy atom. The van der Waals surface area contributed by atoms with E-state index in [0.717, 1.165) is 25.1 Å². The molecular formula is C18H26N2. The van der Waals surface area contributed by atoms with Crippen LogP contribution in [0.4, 0.5) is 0 Å². The van der Waals surface area contributed by atoms with Gasteiger partial charge in [-0.2, -0.15) is 0 Å². The standard InChI is InChI=1S/C18H26N2/c1-6-10-17(7-2)16(4)19-14-20(5)13-18-12-9-8-11-15(18)3/h8-12,14H,4,6-7,13H2,1-3,5H3/b17-10-,19-14?. The van der Waals surface area contributed by atoms with E-state index in [1.54, 1.807) is 0 Å². The van der Waals surface area contributed by atoms with Crippen molar-refractivity contribution in [1.82, 2.24) is 4.90 Å². The molecule has 0 atom stereocenters. The Balaban J connectivity index is 2.64. The summed E-state index contributed by atoms with van der Waals surface area (Å²) in [5.74, 6) is 0. The van der Waals surface area contributed by atoms with Gasteiger partial charge in [-0.1, -0.05) is 50.8 Å². The summed E-state index contributed by atoms with van der Waals surface area (Å²) >= 11 is 0. The summed E-state index contributed by atoms with van der Waals surface area (Å²) in [5, 5.41) is 0. The monoisotopic (exact) mass is 270 g/mol. The molecule has 0 spiro atoms. The third-order valence-corrected chi connectivity index (χ3v) is 3.29. The molecule has 2 nitrogen and oxygen atoms in total. The molecule has 0 saturated carbocycles. The highest BCUT2D eigenvalue weighted by Crippen LogP contribution is 2.14. The van der Waals surface area contributed by atoms with Crippen molar-refractivity contribution in [2.75, 3.05) is 7.05 Å². The van der Waals surface area contributed by atoms with Crippen LogP contribution in [0, 0.1) is 6.92 Å². The van der Waals surface area contributed by atoms with Crippen LogP contribution in [0.15, 0.2) is 53.2 Å². The Kier molecular flexibility index (Phi) is 6.78. The topological polar surface area (TPSA) is 15.6 Å². The van der Waals surface area contributed by atoms with Crippen molar-refractivity contribution in [3.63, 3.8) is 0 Å². The summed E-state index contributed by atoms with van der Waals surface area (Å²) in [4.78, 5) is 6.57. The minimum Gasteiger partial charge on any atom is -0.361 e. The van der Waals surface area contributed by atoms with Gasteiger partial charge < -0.3 is 4.90 Å². The van der Waals surface area contributed by atoms with Gasteiger partial charge in [0.15, 0.2) is 0 Å². The molecule has 0 fully saturated rings. The molecule has 0 N–H and O–H groups in total. The average Bonchev–Trinajstić information content (AvgIpc) is 2.44. The molecule has 0 amide bonds. The van der Waals surface area contributed by atoms with Crippen LogP contribution in [0.25, 0.3) is 0 Å². The second kappa shape index (κ2) is 8.36. The number of benzene rings is 1. The van der Waals surface area contributed by atoms with Crippen molar-refractivity contribution in [2.45, 2.75) is 40.2 Å². The summed E-state index contributed by atoms with van der Waals surface area (Å²) in [6.45, 7) is 11.3. The number of rotatable bonds is 7. The van der Waals surface area contributed by atoms with E-state index in [2.05, 4.69) is 67.6 Å². The third kappa shape index (κ3) is 5.04. The summed E-state index contributed by atoms with van der Waals surface area (Å²) < 4.78 is 0. The quantitative estimate of drug-likeness (QED) is 0.398. The van der Waals surface area contributed by atoms with E-state index in [0.29, 0.717) is 0 Å². The molecule has 0 aliphatic carbocycles. The van der Waals surface area contributed by atoms with Gasteiger partial charge in [0, 0.05) is 13.6 Å². The molecule has 0 radical (unpaired) electrons. The van der Waals surface area contributed by atoms with Gasteiger partial charge in [0.05, 0.1) is 12.0 Å². The van der Waals surface area contributed by atoms with Crippen LogP contribution in [-0.2, 0) is 6.54 Å². The maximum atomic E-state index is 4.48. The van der Waals surface area contributed by atoms with Crippen molar-refractivity contribution >= 4 is 6.34 Å². The summed E-state index contributed by atoms with van der Waals surface area (Å²) in [6.07, 6.45) is 6.07. The molecule has 0 saturated heterocycles.